The molecule has 0 saturated carbocycles. The van der Waals surface area contributed by atoms with Crippen LogP contribution in [0.5, 0.6) is 5.75 Å². The first kappa shape index (κ1) is 17.9. The molecule has 5 nitrogen and oxygen atoms in total. The molecular formula is C19H17FN2O3S. The van der Waals surface area contributed by atoms with Gasteiger partial charge in [-0.25, -0.2) is 4.39 Å². The van der Waals surface area contributed by atoms with Gasteiger partial charge < -0.3 is 15.0 Å². The Labute approximate surface area is 154 Å². The summed E-state index contributed by atoms with van der Waals surface area (Å²) in [4.78, 5) is 25.7. The Kier molecular flexibility index (Phi) is 5.18. The number of halogens is 1. The second-order valence-corrected chi connectivity index (χ2v) is 6.90. The maximum atomic E-state index is 13.7. The van der Waals surface area contributed by atoms with E-state index in [-0.39, 0.29) is 24.2 Å². The van der Waals surface area contributed by atoms with Crippen LogP contribution < -0.4 is 10.1 Å². The highest BCUT2D eigenvalue weighted by molar-refractivity contribution is 7.20. The topological polar surface area (TPSA) is 58.6 Å². The van der Waals surface area contributed by atoms with Crippen molar-refractivity contribution in [3.8, 4) is 5.75 Å². The molecule has 0 aliphatic heterocycles. The zero-order valence-electron chi connectivity index (χ0n) is 14.3. The maximum Gasteiger partial charge on any atom is 0.265 e. The number of likely N-dealkylation sites (N-methyl/N-ethyl adjacent to an activating group) is 1. The highest BCUT2D eigenvalue weighted by atomic mass is 32.1. The lowest BCUT2D eigenvalue weighted by Gasteiger charge is -2.11. The standard InChI is InChI=1S/C19H17FN2O3S/c1-22(2)18(23)11-25-13-8-6-12(7-9-13)21-19(24)17-10-14-15(20)4-3-5-16(14)26-17/h3-10H,11H2,1-2H3,(H,21,24). The van der Waals surface area contributed by atoms with E-state index in [2.05, 4.69) is 5.32 Å². The minimum absolute atomic E-state index is 0.0495. The molecule has 3 rings (SSSR count). The van der Waals surface area contributed by atoms with Gasteiger partial charge in [-0.1, -0.05) is 6.07 Å². The maximum absolute atomic E-state index is 13.7. The number of carbonyl (C=O) groups is 2. The number of thiophene rings is 1. The first-order chi connectivity index (χ1) is 12.4. The first-order valence-corrected chi connectivity index (χ1v) is 8.68. The molecule has 0 radical (unpaired) electrons. The van der Waals surface area contributed by atoms with Crippen molar-refractivity contribution in [2.45, 2.75) is 0 Å². The number of hydrogen-bond acceptors (Lipinski definition) is 4. The fourth-order valence-electron chi connectivity index (χ4n) is 2.24. The van der Waals surface area contributed by atoms with E-state index in [4.69, 9.17) is 4.74 Å². The van der Waals surface area contributed by atoms with Crippen LogP contribution in [0, 0.1) is 5.82 Å². The summed E-state index contributed by atoms with van der Waals surface area (Å²) in [6.45, 7) is -0.0495. The van der Waals surface area contributed by atoms with Crippen LogP contribution in [0.4, 0.5) is 10.1 Å². The summed E-state index contributed by atoms with van der Waals surface area (Å²) in [6.07, 6.45) is 0. The molecule has 1 N–H and O–H groups in total. The predicted molar refractivity (Wildman–Crippen MR) is 100 cm³/mol. The highest BCUT2D eigenvalue weighted by Crippen LogP contribution is 2.28. The number of nitrogens with one attached hydrogen (secondary N) is 1. The van der Waals surface area contributed by atoms with Gasteiger partial charge in [-0.2, -0.15) is 0 Å². The fourth-order valence-corrected chi connectivity index (χ4v) is 3.21. The van der Waals surface area contributed by atoms with E-state index < -0.39 is 0 Å². The van der Waals surface area contributed by atoms with Crippen LogP contribution in [-0.4, -0.2) is 37.4 Å². The molecule has 0 atom stereocenters. The molecule has 0 bridgehead atoms. The van der Waals surface area contributed by atoms with Gasteiger partial charge in [0.1, 0.15) is 11.6 Å². The summed E-state index contributed by atoms with van der Waals surface area (Å²) >= 11 is 1.24. The van der Waals surface area contributed by atoms with Crippen molar-refractivity contribution < 1.29 is 18.7 Å². The lowest BCUT2D eigenvalue weighted by Crippen LogP contribution is -2.27. The molecule has 0 fully saturated rings. The summed E-state index contributed by atoms with van der Waals surface area (Å²) in [5.74, 6) is -0.255. The van der Waals surface area contributed by atoms with Crippen LogP contribution in [0.2, 0.25) is 0 Å². The third-order valence-corrected chi connectivity index (χ3v) is 4.80. The molecule has 0 unspecified atom stereocenters. The van der Waals surface area contributed by atoms with Crippen molar-refractivity contribution in [3.63, 3.8) is 0 Å². The first-order valence-electron chi connectivity index (χ1n) is 7.86. The number of carbonyl (C=O) groups excluding carboxylic acids is 2. The number of hydrogen-bond donors (Lipinski definition) is 1. The van der Waals surface area contributed by atoms with Crippen LogP contribution in [0.15, 0.2) is 48.5 Å². The molecule has 0 aliphatic rings. The monoisotopic (exact) mass is 372 g/mol. The SMILES string of the molecule is CN(C)C(=O)COc1ccc(NC(=O)c2cc3c(F)cccc3s2)cc1. The summed E-state index contributed by atoms with van der Waals surface area (Å²) in [6, 6.07) is 13.0. The third-order valence-electron chi connectivity index (χ3n) is 3.71. The van der Waals surface area contributed by atoms with E-state index >= 15 is 0 Å². The van der Waals surface area contributed by atoms with Gasteiger partial charge >= 0.3 is 0 Å². The molecule has 1 heterocycles. The number of amides is 2. The quantitative estimate of drug-likeness (QED) is 0.742. The number of nitrogens with zero attached hydrogens (tertiary/aromatic N) is 1. The van der Waals surface area contributed by atoms with Crippen molar-refractivity contribution in [1.29, 1.82) is 0 Å². The van der Waals surface area contributed by atoms with Gasteiger partial charge in [-0.05, 0) is 42.5 Å². The Morgan fingerprint density at radius 1 is 1.15 bits per heavy atom. The Hall–Kier alpha value is -2.93. The summed E-state index contributed by atoms with van der Waals surface area (Å²) < 4.78 is 19.9. The minimum atomic E-state index is -0.341. The van der Waals surface area contributed by atoms with Crippen LogP contribution in [-0.2, 0) is 4.79 Å². The average Bonchev–Trinajstić information content (AvgIpc) is 3.06. The third kappa shape index (κ3) is 4.00. The number of anilines is 1. The van der Waals surface area contributed by atoms with Gasteiger partial charge in [0.05, 0.1) is 4.88 Å². The van der Waals surface area contributed by atoms with Crippen molar-refractivity contribution in [3.05, 3.63) is 59.2 Å². The van der Waals surface area contributed by atoms with Gasteiger partial charge in [0.2, 0.25) is 0 Å². The number of ether oxygens (including phenoxy) is 1. The zero-order chi connectivity index (χ0) is 18.7. The molecule has 0 spiro atoms. The highest BCUT2D eigenvalue weighted by Gasteiger charge is 2.13. The molecule has 2 amide bonds. The Bertz CT molecular complexity index is 951. The van der Waals surface area contributed by atoms with Gasteiger partial charge in [0, 0.05) is 29.9 Å². The minimum Gasteiger partial charge on any atom is -0.484 e. The summed E-state index contributed by atoms with van der Waals surface area (Å²) in [7, 11) is 3.31. The van der Waals surface area contributed by atoms with E-state index in [0.717, 1.165) is 4.70 Å². The van der Waals surface area contributed by atoms with E-state index in [9.17, 15) is 14.0 Å². The summed E-state index contributed by atoms with van der Waals surface area (Å²) in [5.41, 5.74) is 0.583. The molecular weight excluding hydrogens is 355 g/mol. The Morgan fingerprint density at radius 3 is 2.54 bits per heavy atom. The van der Waals surface area contributed by atoms with Crippen molar-refractivity contribution in [1.82, 2.24) is 4.90 Å². The Morgan fingerprint density at radius 2 is 1.88 bits per heavy atom. The average molecular weight is 372 g/mol. The molecule has 1 aromatic heterocycles. The fraction of sp³-hybridized carbons (Fsp3) is 0.158. The molecule has 0 saturated heterocycles. The molecule has 3 aromatic rings. The second-order valence-electron chi connectivity index (χ2n) is 5.82. The van der Waals surface area contributed by atoms with E-state index in [1.807, 2.05) is 0 Å². The van der Waals surface area contributed by atoms with Crippen LogP contribution in [0.25, 0.3) is 10.1 Å². The van der Waals surface area contributed by atoms with Crippen molar-refractivity contribution >= 4 is 38.9 Å². The van der Waals surface area contributed by atoms with Crippen LogP contribution in [0.3, 0.4) is 0 Å². The van der Waals surface area contributed by atoms with Crippen molar-refractivity contribution in [2.24, 2.45) is 0 Å². The molecule has 7 heteroatoms. The zero-order valence-corrected chi connectivity index (χ0v) is 15.1. The van der Waals surface area contributed by atoms with E-state index in [0.29, 0.717) is 21.7 Å². The van der Waals surface area contributed by atoms with Crippen molar-refractivity contribution in [2.75, 3.05) is 26.0 Å². The van der Waals surface area contributed by atoms with Crippen LogP contribution >= 0.6 is 11.3 Å². The van der Waals surface area contributed by atoms with E-state index in [1.165, 1.54) is 22.3 Å². The van der Waals surface area contributed by atoms with E-state index in [1.54, 1.807) is 56.6 Å². The van der Waals surface area contributed by atoms with Gasteiger partial charge in [0.15, 0.2) is 6.61 Å². The normalized spacial score (nSPS) is 10.6. The number of benzene rings is 2. The van der Waals surface area contributed by atoms with Gasteiger partial charge in [-0.15, -0.1) is 11.3 Å². The lowest BCUT2D eigenvalue weighted by molar-refractivity contribution is -0.130. The predicted octanol–water partition coefficient (Wildman–Crippen LogP) is 3.76. The molecule has 0 aliphatic carbocycles. The Balaban J connectivity index is 1.65. The van der Waals surface area contributed by atoms with Crippen LogP contribution in [0.1, 0.15) is 9.67 Å². The molecule has 26 heavy (non-hydrogen) atoms. The molecule has 2 aromatic carbocycles. The number of rotatable bonds is 5. The van der Waals surface area contributed by atoms with Gasteiger partial charge in [-0.3, -0.25) is 9.59 Å². The summed E-state index contributed by atoms with van der Waals surface area (Å²) in [5, 5.41) is 3.21. The van der Waals surface area contributed by atoms with Gasteiger partial charge in [0.25, 0.3) is 11.8 Å². The number of fused-ring (bicyclic) bond motifs is 1. The molecule has 134 valence electrons. The largest absolute Gasteiger partial charge is 0.484 e. The smallest absolute Gasteiger partial charge is 0.265 e. The lowest BCUT2D eigenvalue weighted by atomic mass is 10.2. The second kappa shape index (κ2) is 7.53.